The lowest BCUT2D eigenvalue weighted by molar-refractivity contribution is 0.256. The van der Waals surface area contributed by atoms with Crippen LogP contribution in [0.15, 0.2) is 77.8 Å². The summed E-state index contributed by atoms with van der Waals surface area (Å²) in [4.78, 5) is 16.9. The van der Waals surface area contributed by atoms with E-state index in [0.29, 0.717) is 21.4 Å². The van der Waals surface area contributed by atoms with Crippen LogP contribution < -0.4 is 16.0 Å². The lowest BCUT2D eigenvalue weighted by Gasteiger charge is -2.13. The predicted octanol–water partition coefficient (Wildman–Crippen LogP) is 6.22. The number of rotatable bonds is 3. The summed E-state index contributed by atoms with van der Waals surface area (Å²) in [5.41, 5.74) is 3.18. The molecule has 0 aliphatic carbocycles. The Morgan fingerprint density at radius 1 is 0.750 bits per heavy atom. The van der Waals surface area contributed by atoms with Crippen LogP contribution >= 0.6 is 23.2 Å². The highest BCUT2D eigenvalue weighted by Gasteiger charge is 2.08. The fraction of sp³-hybridized carbons (Fsp3) is 0.0476. The summed E-state index contributed by atoms with van der Waals surface area (Å²) in [6.07, 6.45) is 0. The zero-order valence-electron chi connectivity index (χ0n) is 15.0. The maximum absolute atomic E-state index is 12.4. The van der Waals surface area contributed by atoms with Crippen molar-refractivity contribution in [1.82, 2.24) is 5.32 Å². The number of anilines is 2. The zero-order valence-corrected chi connectivity index (χ0v) is 16.6. The van der Waals surface area contributed by atoms with Crippen LogP contribution in [0.3, 0.4) is 0 Å². The van der Waals surface area contributed by atoms with Crippen molar-refractivity contribution in [3.05, 3.63) is 88.4 Å². The second-order valence-electron chi connectivity index (χ2n) is 6.01. The lowest BCUT2D eigenvalue weighted by atomic mass is 10.2. The van der Waals surface area contributed by atoms with Crippen LogP contribution in [0, 0.1) is 6.92 Å². The molecule has 3 aromatic carbocycles. The van der Waals surface area contributed by atoms with E-state index in [-0.39, 0.29) is 5.96 Å². The second-order valence-corrected chi connectivity index (χ2v) is 6.89. The number of aliphatic imine (C=N–C) groups is 1. The van der Waals surface area contributed by atoms with Crippen LogP contribution in [-0.2, 0) is 0 Å². The molecule has 0 radical (unpaired) electrons. The third-order valence-electron chi connectivity index (χ3n) is 3.72. The fourth-order valence-corrected chi connectivity index (χ4v) is 2.56. The van der Waals surface area contributed by atoms with Gasteiger partial charge in [0.2, 0.25) is 5.96 Å². The second kappa shape index (κ2) is 9.26. The number of urea groups is 1. The molecule has 0 atom stereocenters. The van der Waals surface area contributed by atoms with Crippen LogP contribution in [0.1, 0.15) is 5.56 Å². The Balaban J connectivity index is 1.78. The number of amides is 2. The normalized spacial score (nSPS) is 11.0. The van der Waals surface area contributed by atoms with E-state index in [1.54, 1.807) is 48.5 Å². The minimum absolute atomic E-state index is 0.276. The van der Waals surface area contributed by atoms with Gasteiger partial charge in [-0.25, -0.2) is 9.79 Å². The molecule has 5 nitrogen and oxygen atoms in total. The van der Waals surface area contributed by atoms with Gasteiger partial charge in [-0.2, -0.15) is 0 Å². The Bertz CT molecular complexity index is 969. The van der Waals surface area contributed by atoms with Crippen molar-refractivity contribution in [3.8, 4) is 0 Å². The highest BCUT2D eigenvalue weighted by Crippen LogP contribution is 2.16. The average Bonchev–Trinajstić information content (AvgIpc) is 2.67. The Morgan fingerprint density at radius 2 is 1.25 bits per heavy atom. The number of guanidine groups is 1. The Kier molecular flexibility index (Phi) is 6.53. The van der Waals surface area contributed by atoms with Gasteiger partial charge in [0.25, 0.3) is 0 Å². The van der Waals surface area contributed by atoms with Crippen molar-refractivity contribution in [2.75, 3.05) is 10.6 Å². The van der Waals surface area contributed by atoms with Crippen molar-refractivity contribution in [1.29, 1.82) is 0 Å². The van der Waals surface area contributed by atoms with E-state index in [0.717, 1.165) is 11.3 Å². The van der Waals surface area contributed by atoms with E-state index in [4.69, 9.17) is 23.2 Å². The van der Waals surface area contributed by atoms with Crippen LogP contribution in [0.4, 0.5) is 21.9 Å². The maximum Gasteiger partial charge on any atom is 0.326 e. The molecule has 7 heteroatoms. The number of carbonyl (C=O) groups is 1. The number of hydrogen-bond acceptors (Lipinski definition) is 2. The van der Waals surface area contributed by atoms with Crippen LogP contribution in [0.25, 0.3) is 0 Å². The van der Waals surface area contributed by atoms with Gasteiger partial charge < -0.3 is 10.6 Å². The molecule has 3 aromatic rings. The minimum atomic E-state index is -0.436. The van der Waals surface area contributed by atoms with E-state index in [9.17, 15) is 4.79 Å². The third-order valence-corrected chi connectivity index (χ3v) is 4.22. The minimum Gasteiger partial charge on any atom is -0.326 e. The van der Waals surface area contributed by atoms with E-state index >= 15 is 0 Å². The van der Waals surface area contributed by atoms with Gasteiger partial charge in [0.1, 0.15) is 0 Å². The number of halogens is 2. The summed E-state index contributed by atoms with van der Waals surface area (Å²) in [6.45, 7) is 2.00. The van der Waals surface area contributed by atoms with E-state index in [1.807, 2.05) is 31.2 Å². The quantitative estimate of drug-likeness (QED) is 0.352. The first kappa shape index (κ1) is 19.7. The Hall–Kier alpha value is -3.02. The summed E-state index contributed by atoms with van der Waals surface area (Å²) in [6, 6.07) is 21.1. The summed E-state index contributed by atoms with van der Waals surface area (Å²) in [5.74, 6) is 0.276. The van der Waals surface area contributed by atoms with Crippen LogP contribution in [-0.4, -0.2) is 12.0 Å². The van der Waals surface area contributed by atoms with Crippen molar-refractivity contribution in [3.63, 3.8) is 0 Å². The van der Waals surface area contributed by atoms with Gasteiger partial charge in [0.15, 0.2) is 0 Å². The standard InChI is InChI=1S/C21H18Cl2N4O/c1-14-2-8-17(9-3-14)24-20(25-18-10-4-15(22)5-11-18)27-21(28)26-19-12-6-16(23)7-13-19/h2-13H,1H3,(H3,24,25,26,27,28). The summed E-state index contributed by atoms with van der Waals surface area (Å²) < 4.78 is 0. The number of nitrogens with zero attached hydrogens (tertiary/aromatic N) is 1. The molecule has 2 amide bonds. The molecule has 0 unspecified atom stereocenters. The lowest BCUT2D eigenvalue weighted by Crippen LogP contribution is -2.38. The zero-order chi connectivity index (χ0) is 19.9. The molecule has 0 saturated heterocycles. The van der Waals surface area contributed by atoms with E-state index in [2.05, 4.69) is 20.9 Å². The van der Waals surface area contributed by atoms with Crippen LogP contribution in [0.5, 0.6) is 0 Å². The molecule has 142 valence electrons. The third kappa shape index (κ3) is 6.01. The molecule has 0 aliphatic heterocycles. The number of benzene rings is 3. The van der Waals surface area contributed by atoms with Gasteiger partial charge in [0, 0.05) is 21.4 Å². The largest absolute Gasteiger partial charge is 0.326 e. The molecular weight excluding hydrogens is 395 g/mol. The van der Waals surface area contributed by atoms with Gasteiger partial charge in [0.05, 0.1) is 5.69 Å². The van der Waals surface area contributed by atoms with E-state index in [1.165, 1.54) is 0 Å². The SMILES string of the molecule is Cc1ccc(N=C(NC(=O)Nc2ccc(Cl)cc2)Nc2ccc(Cl)cc2)cc1. The molecule has 0 spiro atoms. The first-order chi connectivity index (χ1) is 13.5. The van der Waals surface area contributed by atoms with Gasteiger partial charge in [-0.1, -0.05) is 40.9 Å². The number of carbonyl (C=O) groups excluding carboxylic acids is 1. The summed E-state index contributed by atoms with van der Waals surface area (Å²) in [5, 5.41) is 9.78. The average molecular weight is 413 g/mol. The van der Waals surface area contributed by atoms with Crippen LogP contribution in [0.2, 0.25) is 10.0 Å². The maximum atomic E-state index is 12.4. The molecule has 0 bridgehead atoms. The first-order valence-corrected chi connectivity index (χ1v) is 9.25. The van der Waals surface area contributed by atoms with E-state index < -0.39 is 6.03 Å². The topological polar surface area (TPSA) is 65.5 Å². The fourth-order valence-electron chi connectivity index (χ4n) is 2.31. The Labute approximate surface area is 173 Å². The highest BCUT2D eigenvalue weighted by molar-refractivity contribution is 6.31. The summed E-state index contributed by atoms with van der Waals surface area (Å²) in [7, 11) is 0. The van der Waals surface area contributed by atoms with Gasteiger partial charge in [-0.15, -0.1) is 0 Å². The highest BCUT2D eigenvalue weighted by atomic mass is 35.5. The smallest absolute Gasteiger partial charge is 0.326 e. The van der Waals surface area contributed by atoms with Gasteiger partial charge >= 0.3 is 6.03 Å². The Morgan fingerprint density at radius 3 is 1.79 bits per heavy atom. The molecule has 0 heterocycles. The monoisotopic (exact) mass is 412 g/mol. The van der Waals surface area contributed by atoms with Crippen molar-refractivity contribution in [2.45, 2.75) is 6.92 Å². The molecule has 28 heavy (non-hydrogen) atoms. The number of aryl methyl sites for hydroxylation is 1. The number of nitrogens with one attached hydrogen (secondary N) is 3. The molecule has 0 aliphatic rings. The van der Waals surface area contributed by atoms with Gasteiger partial charge in [-0.3, -0.25) is 5.32 Å². The molecular formula is C21H18Cl2N4O. The van der Waals surface area contributed by atoms with Crippen molar-refractivity contribution in [2.24, 2.45) is 4.99 Å². The van der Waals surface area contributed by atoms with Gasteiger partial charge in [-0.05, 0) is 67.6 Å². The number of hydrogen-bond donors (Lipinski definition) is 3. The first-order valence-electron chi connectivity index (χ1n) is 8.49. The van der Waals surface area contributed by atoms with Crippen molar-refractivity contribution < 1.29 is 4.79 Å². The van der Waals surface area contributed by atoms with Crippen molar-refractivity contribution >= 4 is 52.3 Å². The molecule has 0 fully saturated rings. The molecule has 0 saturated carbocycles. The molecule has 3 rings (SSSR count). The predicted molar refractivity (Wildman–Crippen MR) is 117 cm³/mol. The summed E-state index contributed by atoms with van der Waals surface area (Å²) >= 11 is 11.8. The molecule has 0 aromatic heterocycles. The molecule has 3 N–H and O–H groups in total.